The summed E-state index contributed by atoms with van der Waals surface area (Å²) in [6, 6.07) is 3.67. The first kappa shape index (κ1) is 14.6. The Labute approximate surface area is 113 Å². The van der Waals surface area contributed by atoms with Gasteiger partial charge >= 0.3 is 0 Å². The van der Waals surface area contributed by atoms with Gasteiger partial charge in [0.15, 0.2) is 0 Å². The fourth-order valence-electron chi connectivity index (χ4n) is 1.73. The van der Waals surface area contributed by atoms with Crippen molar-refractivity contribution in [2.45, 2.75) is 27.2 Å². The Morgan fingerprint density at radius 3 is 2.61 bits per heavy atom. The first-order valence-corrected chi connectivity index (χ1v) is 6.38. The standard InChI is InChI=1S/C13H19N3OS/c1-4-16(8-7-12(14)18)13(17)11-6-5-9(2)15-10(11)3/h5-6H,4,7-8H2,1-3H3,(H2,14,18). The van der Waals surface area contributed by atoms with Crippen LogP contribution in [0.15, 0.2) is 12.1 Å². The normalized spacial score (nSPS) is 10.2. The number of thiocarbonyl (C=S) groups is 1. The number of nitrogens with two attached hydrogens (primary N) is 1. The van der Waals surface area contributed by atoms with E-state index in [1.807, 2.05) is 32.9 Å². The molecule has 98 valence electrons. The SMILES string of the molecule is CCN(CCC(N)=S)C(=O)c1ccc(C)nc1C. The van der Waals surface area contributed by atoms with Crippen molar-refractivity contribution >= 4 is 23.1 Å². The molecule has 4 nitrogen and oxygen atoms in total. The molecule has 0 atom stereocenters. The second-order valence-electron chi connectivity index (χ2n) is 4.19. The van der Waals surface area contributed by atoms with Crippen LogP contribution >= 0.6 is 12.2 Å². The summed E-state index contributed by atoms with van der Waals surface area (Å²) in [5.74, 6) is -0.0150. The van der Waals surface area contributed by atoms with Gasteiger partial charge in [-0.3, -0.25) is 9.78 Å². The summed E-state index contributed by atoms with van der Waals surface area (Å²) in [6.07, 6.45) is 0.549. The molecule has 1 heterocycles. The average Bonchev–Trinajstić information content (AvgIpc) is 2.29. The number of rotatable bonds is 5. The lowest BCUT2D eigenvalue weighted by atomic mass is 10.1. The van der Waals surface area contributed by atoms with E-state index < -0.39 is 0 Å². The lowest BCUT2D eigenvalue weighted by Gasteiger charge is -2.21. The quantitative estimate of drug-likeness (QED) is 0.825. The van der Waals surface area contributed by atoms with Crippen LogP contribution in [-0.4, -0.2) is 33.9 Å². The molecule has 5 heteroatoms. The van der Waals surface area contributed by atoms with Gasteiger partial charge in [0.1, 0.15) is 0 Å². The highest BCUT2D eigenvalue weighted by atomic mass is 32.1. The third-order valence-corrected chi connectivity index (χ3v) is 2.96. The number of amides is 1. The Hall–Kier alpha value is -1.49. The minimum absolute atomic E-state index is 0.0150. The molecule has 0 aromatic carbocycles. The minimum atomic E-state index is -0.0150. The predicted molar refractivity (Wildman–Crippen MR) is 76.7 cm³/mol. The number of nitrogens with zero attached hydrogens (tertiary/aromatic N) is 2. The molecule has 1 aromatic heterocycles. The van der Waals surface area contributed by atoms with Gasteiger partial charge in [0.25, 0.3) is 5.91 Å². The largest absolute Gasteiger partial charge is 0.393 e. The van der Waals surface area contributed by atoms with Crippen molar-refractivity contribution in [2.24, 2.45) is 5.73 Å². The molecule has 18 heavy (non-hydrogen) atoms. The van der Waals surface area contributed by atoms with Crippen LogP contribution in [0, 0.1) is 13.8 Å². The van der Waals surface area contributed by atoms with Gasteiger partial charge in [-0.15, -0.1) is 0 Å². The molecule has 0 fully saturated rings. The summed E-state index contributed by atoms with van der Waals surface area (Å²) < 4.78 is 0. The molecule has 2 N–H and O–H groups in total. The van der Waals surface area contributed by atoms with Gasteiger partial charge in [0, 0.05) is 25.2 Å². The van der Waals surface area contributed by atoms with Crippen molar-refractivity contribution in [1.82, 2.24) is 9.88 Å². The van der Waals surface area contributed by atoms with Crippen molar-refractivity contribution in [3.63, 3.8) is 0 Å². The summed E-state index contributed by atoms with van der Waals surface area (Å²) in [5.41, 5.74) is 7.78. The number of carbonyl (C=O) groups excluding carboxylic acids is 1. The molecule has 0 saturated carbocycles. The van der Waals surface area contributed by atoms with Crippen LogP contribution in [0.1, 0.15) is 35.1 Å². The fourth-order valence-corrected chi connectivity index (χ4v) is 1.82. The van der Waals surface area contributed by atoms with Crippen LogP contribution < -0.4 is 5.73 Å². The third-order valence-electron chi connectivity index (χ3n) is 2.75. The average molecular weight is 265 g/mol. The fraction of sp³-hybridized carbons (Fsp3) is 0.462. The van der Waals surface area contributed by atoms with Gasteiger partial charge in [-0.05, 0) is 32.9 Å². The minimum Gasteiger partial charge on any atom is -0.393 e. The molecular formula is C13H19N3OS. The van der Waals surface area contributed by atoms with Gasteiger partial charge in [-0.1, -0.05) is 12.2 Å². The lowest BCUT2D eigenvalue weighted by Crippen LogP contribution is -2.34. The summed E-state index contributed by atoms with van der Waals surface area (Å²) in [7, 11) is 0. The van der Waals surface area contributed by atoms with Crippen LogP contribution in [0.25, 0.3) is 0 Å². The summed E-state index contributed by atoms with van der Waals surface area (Å²) in [6.45, 7) is 6.88. The maximum absolute atomic E-state index is 12.3. The van der Waals surface area contributed by atoms with Crippen molar-refractivity contribution in [3.05, 3.63) is 29.1 Å². The van der Waals surface area contributed by atoms with Crippen molar-refractivity contribution < 1.29 is 4.79 Å². The lowest BCUT2D eigenvalue weighted by molar-refractivity contribution is 0.0767. The number of hydrogen-bond donors (Lipinski definition) is 1. The van der Waals surface area contributed by atoms with Gasteiger partial charge in [-0.2, -0.15) is 0 Å². The molecule has 1 rings (SSSR count). The number of aryl methyl sites for hydroxylation is 2. The Morgan fingerprint density at radius 2 is 2.11 bits per heavy atom. The van der Waals surface area contributed by atoms with E-state index in [9.17, 15) is 4.79 Å². The zero-order valence-corrected chi connectivity index (χ0v) is 11.9. The van der Waals surface area contributed by atoms with Crippen LogP contribution in [0.3, 0.4) is 0 Å². The van der Waals surface area contributed by atoms with E-state index in [1.165, 1.54) is 0 Å². The molecular weight excluding hydrogens is 246 g/mol. The molecule has 0 aliphatic rings. The monoisotopic (exact) mass is 265 g/mol. The first-order chi connectivity index (χ1) is 8.45. The summed E-state index contributed by atoms with van der Waals surface area (Å²) >= 11 is 4.84. The number of carbonyl (C=O) groups is 1. The maximum Gasteiger partial charge on any atom is 0.255 e. The van der Waals surface area contributed by atoms with Crippen molar-refractivity contribution in [2.75, 3.05) is 13.1 Å². The van der Waals surface area contributed by atoms with E-state index in [0.717, 1.165) is 11.4 Å². The molecule has 1 amide bonds. The predicted octanol–water partition coefficient (Wildman–Crippen LogP) is 1.84. The second-order valence-corrected chi connectivity index (χ2v) is 4.71. The van der Waals surface area contributed by atoms with Crippen LogP contribution in [-0.2, 0) is 0 Å². The van der Waals surface area contributed by atoms with Crippen LogP contribution in [0.4, 0.5) is 0 Å². The Kier molecular flexibility index (Phi) is 5.22. The summed E-state index contributed by atoms with van der Waals surface area (Å²) in [5, 5.41) is 0. The Bertz CT molecular complexity index is 460. The smallest absolute Gasteiger partial charge is 0.255 e. The third kappa shape index (κ3) is 3.77. The second kappa shape index (κ2) is 6.44. The Morgan fingerprint density at radius 1 is 1.44 bits per heavy atom. The topological polar surface area (TPSA) is 59.2 Å². The number of pyridine rings is 1. The highest BCUT2D eigenvalue weighted by Crippen LogP contribution is 2.10. The summed E-state index contributed by atoms with van der Waals surface area (Å²) in [4.78, 5) is 18.8. The van der Waals surface area contributed by atoms with Crippen molar-refractivity contribution in [3.8, 4) is 0 Å². The maximum atomic E-state index is 12.3. The van der Waals surface area contributed by atoms with Crippen molar-refractivity contribution in [1.29, 1.82) is 0 Å². The van der Waals surface area contributed by atoms with Gasteiger partial charge in [0.05, 0.1) is 16.2 Å². The Balaban J connectivity index is 2.86. The van der Waals surface area contributed by atoms with Crippen LogP contribution in [0.2, 0.25) is 0 Å². The highest BCUT2D eigenvalue weighted by molar-refractivity contribution is 7.80. The van der Waals surface area contributed by atoms with E-state index in [-0.39, 0.29) is 5.91 Å². The zero-order chi connectivity index (χ0) is 13.7. The molecule has 0 unspecified atom stereocenters. The molecule has 0 spiro atoms. The van der Waals surface area contributed by atoms with Gasteiger partial charge in [0.2, 0.25) is 0 Å². The first-order valence-electron chi connectivity index (χ1n) is 5.97. The molecule has 0 saturated heterocycles. The molecule has 0 bridgehead atoms. The molecule has 0 radical (unpaired) electrons. The zero-order valence-electron chi connectivity index (χ0n) is 11.1. The number of aromatic nitrogens is 1. The van der Waals surface area contributed by atoms with E-state index in [0.29, 0.717) is 30.1 Å². The van der Waals surface area contributed by atoms with E-state index in [1.54, 1.807) is 4.90 Å². The van der Waals surface area contributed by atoms with E-state index >= 15 is 0 Å². The number of hydrogen-bond acceptors (Lipinski definition) is 3. The highest BCUT2D eigenvalue weighted by Gasteiger charge is 2.16. The molecule has 1 aromatic rings. The van der Waals surface area contributed by atoms with E-state index in [2.05, 4.69) is 4.98 Å². The van der Waals surface area contributed by atoms with Gasteiger partial charge < -0.3 is 10.6 Å². The molecule has 0 aliphatic carbocycles. The molecule has 0 aliphatic heterocycles. The van der Waals surface area contributed by atoms with Crippen LogP contribution in [0.5, 0.6) is 0 Å². The van der Waals surface area contributed by atoms with Gasteiger partial charge in [-0.25, -0.2) is 0 Å². The van der Waals surface area contributed by atoms with E-state index in [4.69, 9.17) is 18.0 Å².